The highest BCUT2D eigenvalue weighted by Gasteiger charge is 2.11. The zero-order valence-corrected chi connectivity index (χ0v) is 19.6. The largest absolute Gasteiger partial charge is 0.489 e. The molecule has 28 heavy (non-hydrogen) atoms. The van der Waals surface area contributed by atoms with Gasteiger partial charge < -0.3 is 25.2 Å². The van der Waals surface area contributed by atoms with Gasteiger partial charge in [0, 0.05) is 32.7 Å². The number of likely N-dealkylation sites (N-methyl/N-ethyl adjacent to an activating group) is 1. The Labute approximate surface area is 185 Å². The Morgan fingerprint density at radius 3 is 2.64 bits per heavy atom. The quantitative estimate of drug-likeness (QED) is 0.322. The summed E-state index contributed by atoms with van der Waals surface area (Å²) in [7, 11) is 2.19. The summed E-state index contributed by atoms with van der Waals surface area (Å²) in [5.41, 5.74) is 0. The molecule has 0 bridgehead atoms. The van der Waals surface area contributed by atoms with Crippen LogP contribution in [0.1, 0.15) is 20.3 Å². The minimum atomic E-state index is -0.261. The minimum absolute atomic E-state index is 0. The van der Waals surface area contributed by atoms with Crippen molar-refractivity contribution in [2.45, 2.75) is 26.4 Å². The van der Waals surface area contributed by atoms with Gasteiger partial charge in [-0.25, -0.2) is 9.38 Å². The number of nitrogens with one attached hydrogen (secondary N) is 2. The lowest BCUT2D eigenvalue weighted by molar-refractivity contribution is 0.230. The van der Waals surface area contributed by atoms with Gasteiger partial charge in [-0.1, -0.05) is 0 Å². The molecule has 0 spiro atoms. The highest BCUT2D eigenvalue weighted by Crippen LogP contribution is 2.13. The maximum Gasteiger partial charge on any atom is 0.191 e. The molecule has 1 unspecified atom stereocenters. The number of hydrogen-bond donors (Lipinski definition) is 2. The van der Waals surface area contributed by atoms with Gasteiger partial charge in [0.1, 0.15) is 17.7 Å². The third-order valence-electron chi connectivity index (χ3n) is 4.53. The molecule has 1 aliphatic rings. The van der Waals surface area contributed by atoms with Gasteiger partial charge in [-0.3, -0.25) is 0 Å². The summed E-state index contributed by atoms with van der Waals surface area (Å²) >= 11 is 0. The molecule has 0 radical (unpaired) electrons. The summed E-state index contributed by atoms with van der Waals surface area (Å²) in [5.74, 6) is 1.20. The van der Waals surface area contributed by atoms with Crippen molar-refractivity contribution in [1.82, 2.24) is 20.4 Å². The van der Waals surface area contributed by atoms with E-state index in [0.29, 0.717) is 12.3 Å². The number of hydrogen-bond acceptors (Lipinski definition) is 4. The molecule has 1 heterocycles. The van der Waals surface area contributed by atoms with Gasteiger partial charge in [-0.2, -0.15) is 0 Å². The average Bonchev–Trinajstić information content (AvgIpc) is 2.86. The van der Waals surface area contributed by atoms with Gasteiger partial charge >= 0.3 is 0 Å². The van der Waals surface area contributed by atoms with E-state index >= 15 is 0 Å². The van der Waals surface area contributed by atoms with Crippen LogP contribution in [-0.4, -0.2) is 81.3 Å². The van der Waals surface area contributed by atoms with Crippen molar-refractivity contribution < 1.29 is 9.13 Å². The van der Waals surface area contributed by atoms with E-state index in [9.17, 15) is 4.39 Å². The molecule has 1 fully saturated rings. The number of halogens is 2. The molecule has 1 aromatic rings. The van der Waals surface area contributed by atoms with Gasteiger partial charge in [0.25, 0.3) is 0 Å². The monoisotopic (exact) mass is 507 g/mol. The fourth-order valence-corrected chi connectivity index (χ4v) is 3.00. The van der Waals surface area contributed by atoms with Crippen LogP contribution in [0.3, 0.4) is 0 Å². The number of guanidine groups is 1. The second-order valence-electron chi connectivity index (χ2n) is 7.03. The van der Waals surface area contributed by atoms with E-state index in [2.05, 4.69) is 39.4 Å². The highest BCUT2D eigenvalue weighted by atomic mass is 127. The Hall–Kier alpha value is -1.13. The molecule has 1 saturated heterocycles. The SMILES string of the molecule is CCNC(=NCC(C)Oc1ccc(F)cc1)NCCN1CCCN(C)CC1.I. The van der Waals surface area contributed by atoms with Crippen LogP contribution in [0, 0.1) is 5.82 Å². The van der Waals surface area contributed by atoms with Crippen LogP contribution in [0.25, 0.3) is 0 Å². The van der Waals surface area contributed by atoms with E-state index in [4.69, 9.17) is 4.74 Å². The summed E-state index contributed by atoms with van der Waals surface area (Å²) in [6.45, 7) is 11.8. The van der Waals surface area contributed by atoms with Crippen LogP contribution < -0.4 is 15.4 Å². The van der Waals surface area contributed by atoms with Gasteiger partial charge in [0.05, 0.1) is 6.54 Å². The molecule has 1 atom stereocenters. The molecular weight excluding hydrogens is 472 g/mol. The second kappa shape index (κ2) is 13.9. The van der Waals surface area contributed by atoms with Crippen LogP contribution in [0.4, 0.5) is 4.39 Å². The van der Waals surface area contributed by atoms with E-state index in [1.54, 1.807) is 12.1 Å². The van der Waals surface area contributed by atoms with Gasteiger partial charge in [-0.05, 0) is 64.7 Å². The second-order valence-corrected chi connectivity index (χ2v) is 7.03. The fourth-order valence-electron chi connectivity index (χ4n) is 3.00. The molecule has 1 aromatic carbocycles. The predicted molar refractivity (Wildman–Crippen MR) is 124 cm³/mol. The molecular formula is C20H35FIN5O. The van der Waals surface area contributed by atoms with E-state index in [-0.39, 0.29) is 35.9 Å². The number of benzene rings is 1. The summed E-state index contributed by atoms with van der Waals surface area (Å²) in [5, 5.41) is 6.68. The van der Waals surface area contributed by atoms with Crippen LogP contribution in [0.2, 0.25) is 0 Å². The molecule has 2 N–H and O–H groups in total. The molecule has 0 aromatic heterocycles. The molecule has 0 saturated carbocycles. The number of rotatable bonds is 8. The highest BCUT2D eigenvalue weighted by molar-refractivity contribution is 14.0. The Bertz CT molecular complexity index is 572. The zero-order chi connectivity index (χ0) is 19.5. The van der Waals surface area contributed by atoms with Gasteiger partial charge in [0.2, 0.25) is 0 Å². The Balaban J connectivity index is 0.00000392. The normalized spacial score (nSPS) is 17.4. The van der Waals surface area contributed by atoms with E-state index in [0.717, 1.165) is 45.2 Å². The summed E-state index contributed by atoms with van der Waals surface area (Å²) in [6, 6.07) is 6.07. The van der Waals surface area contributed by atoms with Crippen molar-refractivity contribution in [3.63, 3.8) is 0 Å². The first-order valence-corrected chi connectivity index (χ1v) is 9.92. The van der Waals surface area contributed by atoms with Crippen molar-refractivity contribution in [2.24, 2.45) is 4.99 Å². The molecule has 160 valence electrons. The third kappa shape index (κ3) is 9.88. The van der Waals surface area contributed by atoms with Crippen LogP contribution in [0.15, 0.2) is 29.3 Å². The van der Waals surface area contributed by atoms with Crippen molar-refractivity contribution >= 4 is 29.9 Å². The predicted octanol–water partition coefficient (Wildman–Crippen LogP) is 2.40. The number of ether oxygens (including phenoxy) is 1. The minimum Gasteiger partial charge on any atom is -0.489 e. The van der Waals surface area contributed by atoms with Gasteiger partial charge in [-0.15, -0.1) is 24.0 Å². The average molecular weight is 507 g/mol. The Morgan fingerprint density at radius 1 is 1.18 bits per heavy atom. The van der Waals surface area contributed by atoms with E-state index in [1.165, 1.54) is 25.1 Å². The van der Waals surface area contributed by atoms with E-state index < -0.39 is 0 Å². The lowest BCUT2D eigenvalue weighted by atomic mass is 10.3. The van der Waals surface area contributed by atoms with Crippen LogP contribution in [-0.2, 0) is 0 Å². The zero-order valence-electron chi connectivity index (χ0n) is 17.3. The van der Waals surface area contributed by atoms with Gasteiger partial charge in [0.15, 0.2) is 5.96 Å². The molecule has 0 aliphatic carbocycles. The van der Waals surface area contributed by atoms with Crippen molar-refractivity contribution in [1.29, 1.82) is 0 Å². The summed E-state index contributed by atoms with van der Waals surface area (Å²) < 4.78 is 18.7. The molecule has 2 rings (SSSR count). The Morgan fingerprint density at radius 2 is 1.93 bits per heavy atom. The van der Waals surface area contributed by atoms with Crippen molar-refractivity contribution in [2.75, 3.05) is 59.4 Å². The first-order chi connectivity index (χ1) is 13.1. The third-order valence-corrected chi connectivity index (χ3v) is 4.53. The maximum absolute atomic E-state index is 13.0. The molecule has 8 heteroatoms. The van der Waals surface area contributed by atoms with Crippen LogP contribution in [0.5, 0.6) is 5.75 Å². The first kappa shape index (κ1) is 24.9. The summed E-state index contributed by atoms with van der Waals surface area (Å²) in [6.07, 6.45) is 1.13. The maximum atomic E-state index is 13.0. The van der Waals surface area contributed by atoms with E-state index in [1.807, 2.05) is 6.92 Å². The number of nitrogens with zero attached hydrogens (tertiary/aromatic N) is 3. The molecule has 6 nitrogen and oxygen atoms in total. The van der Waals surface area contributed by atoms with Crippen LogP contribution >= 0.6 is 24.0 Å². The molecule has 0 amide bonds. The topological polar surface area (TPSA) is 52.1 Å². The molecule has 1 aliphatic heterocycles. The lowest BCUT2D eigenvalue weighted by Crippen LogP contribution is -2.42. The lowest BCUT2D eigenvalue weighted by Gasteiger charge is -2.21. The van der Waals surface area contributed by atoms with Crippen molar-refractivity contribution in [3.05, 3.63) is 30.1 Å². The fraction of sp³-hybridized carbons (Fsp3) is 0.650. The number of aliphatic imine (C=N–C) groups is 1. The summed E-state index contributed by atoms with van der Waals surface area (Å²) in [4.78, 5) is 9.50. The Kier molecular flexibility index (Phi) is 12.4. The smallest absolute Gasteiger partial charge is 0.191 e. The first-order valence-electron chi connectivity index (χ1n) is 9.92. The standard InChI is InChI=1S/C20H34FN5O.HI/c1-4-22-20(23-10-13-26-12-5-11-25(3)14-15-26)24-16-17(2)27-19-8-6-18(21)7-9-19;/h6-9,17H,4-5,10-16H2,1-3H3,(H2,22,23,24);1H. The van der Waals surface area contributed by atoms with Crippen molar-refractivity contribution in [3.8, 4) is 5.75 Å².